The van der Waals surface area contributed by atoms with E-state index >= 15 is 0 Å². The molecule has 5 nitrogen and oxygen atoms in total. The van der Waals surface area contributed by atoms with Crippen molar-refractivity contribution in [3.05, 3.63) is 46.6 Å². The zero-order valence-electron chi connectivity index (χ0n) is 15.5. The second-order valence-electron chi connectivity index (χ2n) is 7.17. The standard InChI is InChI=1S/C20H26N4O/c1-13-7-9-24(10-8-13)18-6-5-17(22-23-18)20(25)21-19-15(3)11-14(2)12-16(19)4/h5-6,11-13H,7-10H2,1-4H3,(H,21,25). The second-order valence-corrected chi connectivity index (χ2v) is 7.17. The van der Waals surface area contributed by atoms with Crippen molar-refractivity contribution in [1.82, 2.24) is 10.2 Å². The number of amides is 1. The van der Waals surface area contributed by atoms with Gasteiger partial charge < -0.3 is 10.2 Å². The zero-order valence-corrected chi connectivity index (χ0v) is 15.5. The largest absolute Gasteiger partial charge is 0.355 e. The summed E-state index contributed by atoms with van der Waals surface area (Å²) in [7, 11) is 0. The molecule has 0 saturated carbocycles. The smallest absolute Gasteiger partial charge is 0.276 e. The first-order chi connectivity index (χ1) is 11.9. The average Bonchev–Trinajstić information content (AvgIpc) is 2.59. The summed E-state index contributed by atoms with van der Waals surface area (Å²) in [5, 5.41) is 11.4. The van der Waals surface area contributed by atoms with Crippen LogP contribution in [0.2, 0.25) is 0 Å². The highest BCUT2D eigenvalue weighted by atomic mass is 16.1. The molecule has 1 amide bonds. The summed E-state index contributed by atoms with van der Waals surface area (Å²) in [6.45, 7) is 10.3. The van der Waals surface area contributed by atoms with Gasteiger partial charge in [-0.2, -0.15) is 0 Å². The van der Waals surface area contributed by atoms with Gasteiger partial charge in [0.15, 0.2) is 11.5 Å². The molecule has 1 aromatic heterocycles. The molecule has 0 aliphatic carbocycles. The van der Waals surface area contributed by atoms with E-state index in [1.165, 1.54) is 18.4 Å². The van der Waals surface area contributed by atoms with Crippen LogP contribution in [0.1, 0.15) is 46.9 Å². The third-order valence-corrected chi connectivity index (χ3v) is 4.91. The second kappa shape index (κ2) is 7.21. The number of carbonyl (C=O) groups is 1. The highest BCUT2D eigenvalue weighted by Crippen LogP contribution is 2.23. The molecule has 2 heterocycles. The van der Waals surface area contributed by atoms with Crippen LogP contribution in [0, 0.1) is 26.7 Å². The predicted octanol–water partition coefficient (Wildman–Crippen LogP) is 3.89. The highest BCUT2D eigenvalue weighted by Gasteiger charge is 2.18. The Labute approximate surface area is 149 Å². The fourth-order valence-corrected chi connectivity index (χ4v) is 3.41. The summed E-state index contributed by atoms with van der Waals surface area (Å²) in [6, 6.07) is 7.78. The van der Waals surface area contributed by atoms with Gasteiger partial charge in [0.05, 0.1) is 0 Å². The van der Waals surface area contributed by atoms with Gasteiger partial charge in [0.25, 0.3) is 5.91 Å². The Morgan fingerprint density at radius 3 is 2.28 bits per heavy atom. The Balaban J connectivity index is 1.71. The van der Waals surface area contributed by atoms with Crippen molar-refractivity contribution in [2.24, 2.45) is 5.92 Å². The van der Waals surface area contributed by atoms with E-state index in [0.29, 0.717) is 5.69 Å². The number of nitrogens with zero attached hydrogens (tertiary/aromatic N) is 3. The number of rotatable bonds is 3. The predicted molar refractivity (Wildman–Crippen MR) is 101 cm³/mol. The first-order valence-corrected chi connectivity index (χ1v) is 8.92. The number of aryl methyl sites for hydroxylation is 3. The van der Waals surface area contributed by atoms with E-state index in [9.17, 15) is 4.79 Å². The molecule has 1 fully saturated rings. The van der Waals surface area contributed by atoms with E-state index in [1.54, 1.807) is 6.07 Å². The molecule has 3 rings (SSSR count). The number of hydrogen-bond donors (Lipinski definition) is 1. The van der Waals surface area contributed by atoms with Crippen molar-refractivity contribution < 1.29 is 4.79 Å². The Morgan fingerprint density at radius 2 is 1.72 bits per heavy atom. The van der Waals surface area contributed by atoms with Crippen LogP contribution in [0.15, 0.2) is 24.3 Å². The van der Waals surface area contributed by atoms with Gasteiger partial charge in [0, 0.05) is 18.8 Å². The lowest BCUT2D eigenvalue weighted by molar-refractivity contribution is 0.102. The van der Waals surface area contributed by atoms with Crippen molar-refractivity contribution in [3.63, 3.8) is 0 Å². The molecule has 0 bridgehead atoms. The molecule has 5 heteroatoms. The number of anilines is 2. The van der Waals surface area contributed by atoms with Crippen LogP contribution < -0.4 is 10.2 Å². The van der Waals surface area contributed by atoms with Gasteiger partial charge in [0.2, 0.25) is 0 Å². The lowest BCUT2D eigenvalue weighted by atomic mass is 9.99. The molecule has 0 radical (unpaired) electrons. The summed E-state index contributed by atoms with van der Waals surface area (Å²) in [4.78, 5) is 14.7. The van der Waals surface area contributed by atoms with Crippen molar-refractivity contribution in [2.75, 3.05) is 23.3 Å². The van der Waals surface area contributed by atoms with Gasteiger partial charge in [-0.05, 0) is 62.8 Å². The molecule has 0 spiro atoms. The van der Waals surface area contributed by atoms with Gasteiger partial charge in [-0.1, -0.05) is 24.6 Å². The van der Waals surface area contributed by atoms with E-state index in [1.807, 2.05) is 19.9 Å². The maximum atomic E-state index is 12.5. The van der Waals surface area contributed by atoms with Crippen LogP contribution in [0.5, 0.6) is 0 Å². The maximum Gasteiger partial charge on any atom is 0.276 e. The van der Waals surface area contributed by atoms with Crippen LogP contribution in [-0.2, 0) is 0 Å². The summed E-state index contributed by atoms with van der Waals surface area (Å²) in [5.41, 5.74) is 4.49. The molecular weight excluding hydrogens is 312 g/mol. The highest BCUT2D eigenvalue weighted by molar-refractivity contribution is 6.03. The summed E-state index contributed by atoms with van der Waals surface area (Å²) < 4.78 is 0. The van der Waals surface area contributed by atoms with E-state index in [0.717, 1.165) is 41.6 Å². The molecular formula is C20H26N4O. The topological polar surface area (TPSA) is 58.1 Å². The molecule has 1 aliphatic heterocycles. The summed E-state index contributed by atoms with van der Waals surface area (Å²) in [5.74, 6) is 1.41. The van der Waals surface area contributed by atoms with E-state index in [-0.39, 0.29) is 5.91 Å². The number of aromatic nitrogens is 2. The van der Waals surface area contributed by atoms with Crippen LogP contribution >= 0.6 is 0 Å². The molecule has 25 heavy (non-hydrogen) atoms. The van der Waals surface area contributed by atoms with Crippen molar-refractivity contribution in [1.29, 1.82) is 0 Å². The van der Waals surface area contributed by atoms with Gasteiger partial charge in [-0.25, -0.2) is 0 Å². The van der Waals surface area contributed by atoms with Crippen molar-refractivity contribution in [2.45, 2.75) is 40.5 Å². The normalized spacial score (nSPS) is 15.3. The van der Waals surface area contributed by atoms with E-state index in [2.05, 4.69) is 46.4 Å². The van der Waals surface area contributed by atoms with Crippen LogP contribution in [0.3, 0.4) is 0 Å². The Hall–Kier alpha value is -2.43. The number of nitrogens with one attached hydrogen (secondary N) is 1. The van der Waals surface area contributed by atoms with Crippen LogP contribution in [-0.4, -0.2) is 29.2 Å². The van der Waals surface area contributed by atoms with Gasteiger partial charge in [-0.15, -0.1) is 10.2 Å². The lowest BCUT2D eigenvalue weighted by Gasteiger charge is -2.30. The minimum atomic E-state index is -0.221. The third-order valence-electron chi connectivity index (χ3n) is 4.91. The Morgan fingerprint density at radius 1 is 1.08 bits per heavy atom. The average molecular weight is 338 g/mol. The first-order valence-electron chi connectivity index (χ1n) is 8.92. The van der Waals surface area contributed by atoms with Gasteiger partial charge >= 0.3 is 0 Å². The molecule has 0 atom stereocenters. The van der Waals surface area contributed by atoms with Crippen molar-refractivity contribution >= 4 is 17.4 Å². The van der Waals surface area contributed by atoms with Crippen LogP contribution in [0.25, 0.3) is 0 Å². The Kier molecular flexibility index (Phi) is 5.02. The lowest BCUT2D eigenvalue weighted by Crippen LogP contribution is -2.33. The molecule has 1 saturated heterocycles. The molecule has 1 N–H and O–H groups in total. The molecule has 1 aromatic carbocycles. The van der Waals surface area contributed by atoms with Gasteiger partial charge in [-0.3, -0.25) is 4.79 Å². The fourth-order valence-electron chi connectivity index (χ4n) is 3.41. The Bertz CT molecular complexity index is 739. The zero-order chi connectivity index (χ0) is 18.0. The van der Waals surface area contributed by atoms with Crippen LogP contribution in [0.4, 0.5) is 11.5 Å². The molecule has 2 aromatic rings. The third kappa shape index (κ3) is 3.98. The maximum absolute atomic E-state index is 12.5. The number of carbonyl (C=O) groups excluding carboxylic acids is 1. The minimum Gasteiger partial charge on any atom is -0.355 e. The molecule has 0 unspecified atom stereocenters. The van der Waals surface area contributed by atoms with E-state index in [4.69, 9.17) is 0 Å². The molecule has 132 valence electrons. The van der Waals surface area contributed by atoms with E-state index < -0.39 is 0 Å². The first kappa shape index (κ1) is 17.4. The number of benzene rings is 1. The summed E-state index contributed by atoms with van der Waals surface area (Å²) in [6.07, 6.45) is 2.35. The quantitative estimate of drug-likeness (QED) is 0.922. The SMILES string of the molecule is Cc1cc(C)c(NC(=O)c2ccc(N3CCC(C)CC3)nn2)c(C)c1. The summed E-state index contributed by atoms with van der Waals surface area (Å²) >= 11 is 0. The van der Waals surface area contributed by atoms with Gasteiger partial charge in [0.1, 0.15) is 0 Å². The number of hydrogen-bond acceptors (Lipinski definition) is 4. The fraction of sp³-hybridized carbons (Fsp3) is 0.450. The minimum absolute atomic E-state index is 0.221. The monoisotopic (exact) mass is 338 g/mol. The molecule has 1 aliphatic rings. The number of piperidine rings is 1. The van der Waals surface area contributed by atoms with Crippen molar-refractivity contribution in [3.8, 4) is 0 Å².